The van der Waals surface area contributed by atoms with E-state index in [9.17, 15) is 19.2 Å². The van der Waals surface area contributed by atoms with Crippen molar-refractivity contribution in [2.75, 3.05) is 5.32 Å². The van der Waals surface area contributed by atoms with Gasteiger partial charge in [0.05, 0.1) is 11.4 Å². The maximum atomic E-state index is 12.8. The number of thiophene rings is 1. The lowest BCUT2D eigenvalue weighted by Crippen LogP contribution is -2.52. The minimum absolute atomic E-state index is 0.198. The SMILES string of the molecule is Cc1cc(C)c(NC(=O)NCc2cc3c(s2)C(=O)N(C2CCC(=O)NC2=O)C3)c(C)c1. The number of fused-ring (bicyclic) bond motifs is 1. The average Bonchev–Trinajstić information content (AvgIpc) is 3.22. The lowest BCUT2D eigenvalue weighted by molar-refractivity contribution is -0.136. The predicted octanol–water partition coefficient (Wildman–Crippen LogP) is 2.76. The summed E-state index contributed by atoms with van der Waals surface area (Å²) in [6.07, 6.45) is 0.579. The summed E-state index contributed by atoms with van der Waals surface area (Å²) in [7, 11) is 0. The van der Waals surface area contributed by atoms with Gasteiger partial charge in [-0.3, -0.25) is 19.7 Å². The van der Waals surface area contributed by atoms with Crippen molar-refractivity contribution in [2.24, 2.45) is 0 Å². The highest BCUT2D eigenvalue weighted by atomic mass is 32.1. The lowest BCUT2D eigenvalue weighted by atomic mass is 10.0. The quantitative estimate of drug-likeness (QED) is 0.636. The molecule has 0 radical (unpaired) electrons. The molecular weight excluding hydrogens is 416 g/mol. The number of anilines is 1. The summed E-state index contributed by atoms with van der Waals surface area (Å²) in [5, 5.41) is 8.04. The topological polar surface area (TPSA) is 108 Å². The standard InChI is InChI=1S/C22H24N4O4S/c1-11-6-12(2)18(13(3)7-11)25-22(30)23-9-15-8-14-10-26(21(29)19(14)31-15)16-4-5-17(27)24-20(16)28/h6-8,16H,4-5,9-10H2,1-3H3,(H2,23,25,30)(H,24,27,28). The Morgan fingerprint density at radius 2 is 1.87 bits per heavy atom. The molecule has 3 heterocycles. The number of hydrogen-bond acceptors (Lipinski definition) is 5. The number of nitrogens with zero attached hydrogens (tertiary/aromatic N) is 1. The summed E-state index contributed by atoms with van der Waals surface area (Å²) in [6, 6.07) is 5.02. The van der Waals surface area contributed by atoms with Crippen molar-refractivity contribution in [3.05, 3.63) is 50.2 Å². The van der Waals surface area contributed by atoms with Gasteiger partial charge in [0.15, 0.2) is 0 Å². The molecule has 3 N–H and O–H groups in total. The van der Waals surface area contributed by atoms with Gasteiger partial charge in [0.2, 0.25) is 11.8 Å². The van der Waals surface area contributed by atoms with Gasteiger partial charge in [-0.25, -0.2) is 4.79 Å². The molecule has 8 nitrogen and oxygen atoms in total. The number of hydrogen-bond donors (Lipinski definition) is 3. The third kappa shape index (κ3) is 4.18. The molecule has 4 rings (SSSR count). The molecule has 1 aromatic heterocycles. The number of nitrogens with one attached hydrogen (secondary N) is 3. The molecule has 162 valence electrons. The van der Waals surface area contributed by atoms with Gasteiger partial charge in [-0.05, 0) is 49.9 Å². The molecule has 5 amide bonds. The van der Waals surface area contributed by atoms with E-state index in [2.05, 4.69) is 16.0 Å². The Labute approximate surface area is 184 Å². The molecule has 1 aromatic carbocycles. The Kier molecular flexibility index (Phi) is 5.53. The molecule has 31 heavy (non-hydrogen) atoms. The van der Waals surface area contributed by atoms with Gasteiger partial charge < -0.3 is 15.5 Å². The van der Waals surface area contributed by atoms with Gasteiger partial charge in [-0.2, -0.15) is 0 Å². The number of aryl methyl sites for hydroxylation is 3. The molecule has 0 spiro atoms. The molecule has 0 aliphatic carbocycles. The summed E-state index contributed by atoms with van der Waals surface area (Å²) in [5.74, 6) is -0.915. The third-order valence-corrected chi connectivity index (χ3v) is 6.75. The summed E-state index contributed by atoms with van der Waals surface area (Å²) in [5.41, 5.74) is 4.79. The smallest absolute Gasteiger partial charge is 0.319 e. The van der Waals surface area contributed by atoms with Gasteiger partial charge >= 0.3 is 6.03 Å². The summed E-state index contributed by atoms with van der Waals surface area (Å²) in [4.78, 5) is 51.6. The van der Waals surface area contributed by atoms with Crippen LogP contribution in [0.5, 0.6) is 0 Å². The zero-order valence-electron chi connectivity index (χ0n) is 17.6. The molecule has 0 bridgehead atoms. The maximum absolute atomic E-state index is 12.8. The number of amides is 5. The van der Waals surface area contributed by atoms with Crippen molar-refractivity contribution in [1.82, 2.24) is 15.5 Å². The summed E-state index contributed by atoms with van der Waals surface area (Å²) < 4.78 is 0. The van der Waals surface area contributed by atoms with Gasteiger partial charge in [-0.1, -0.05) is 17.7 Å². The first-order valence-corrected chi connectivity index (χ1v) is 10.9. The van der Waals surface area contributed by atoms with Gasteiger partial charge in [0, 0.05) is 23.5 Å². The number of benzene rings is 1. The minimum atomic E-state index is -0.613. The average molecular weight is 441 g/mol. The number of imide groups is 1. The van der Waals surface area contributed by atoms with Crippen molar-refractivity contribution < 1.29 is 19.2 Å². The number of rotatable bonds is 4. The first-order chi connectivity index (χ1) is 14.7. The van der Waals surface area contributed by atoms with Crippen LogP contribution in [-0.4, -0.2) is 34.7 Å². The van der Waals surface area contributed by atoms with Crippen molar-refractivity contribution in [2.45, 2.75) is 52.7 Å². The zero-order chi connectivity index (χ0) is 22.3. The minimum Gasteiger partial charge on any atom is -0.333 e. The second kappa shape index (κ2) is 8.14. The van der Waals surface area contributed by atoms with Crippen LogP contribution in [0.3, 0.4) is 0 Å². The number of carbonyl (C=O) groups excluding carboxylic acids is 4. The van der Waals surface area contributed by atoms with Crippen LogP contribution in [0.15, 0.2) is 18.2 Å². The molecule has 1 fully saturated rings. The molecular formula is C22H24N4O4S. The summed E-state index contributed by atoms with van der Waals surface area (Å²) >= 11 is 1.32. The van der Waals surface area contributed by atoms with Gasteiger partial charge in [-0.15, -0.1) is 11.3 Å². The Balaban J connectivity index is 1.36. The highest BCUT2D eigenvalue weighted by molar-refractivity contribution is 7.14. The molecule has 2 aromatic rings. The van der Waals surface area contributed by atoms with Crippen LogP contribution in [0.25, 0.3) is 0 Å². The Morgan fingerprint density at radius 3 is 2.52 bits per heavy atom. The molecule has 1 atom stereocenters. The van der Waals surface area contributed by atoms with Crippen LogP contribution in [0.4, 0.5) is 10.5 Å². The lowest BCUT2D eigenvalue weighted by Gasteiger charge is -2.29. The van der Waals surface area contributed by atoms with Crippen molar-refractivity contribution in [3.63, 3.8) is 0 Å². The van der Waals surface area contributed by atoms with Crippen molar-refractivity contribution in [1.29, 1.82) is 0 Å². The van der Waals surface area contributed by atoms with E-state index >= 15 is 0 Å². The molecule has 1 saturated heterocycles. The zero-order valence-corrected chi connectivity index (χ0v) is 18.4. The maximum Gasteiger partial charge on any atom is 0.319 e. The van der Waals surface area contributed by atoms with E-state index < -0.39 is 11.9 Å². The Bertz CT molecular complexity index is 1080. The number of urea groups is 1. The molecule has 9 heteroatoms. The highest BCUT2D eigenvalue weighted by Crippen LogP contribution is 2.33. The van der Waals surface area contributed by atoms with Gasteiger partial charge in [0.25, 0.3) is 5.91 Å². The molecule has 1 unspecified atom stereocenters. The van der Waals surface area contributed by atoms with E-state index in [-0.39, 0.29) is 24.3 Å². The monoisotopic (exact) mass is 440 g/mol. The molecule has 2 aliphatic rings. The molecule has 0 saturated carbocycles. The highest BCUT2D eigenvalue weighted by Gasteiger charge is 2.40. The van der Waals surface area contributed by atoms with Crippen LogP contribution in [0, 0.1) is 20.8 Å². The van der Waals surface area contributed by atoms with E-state index in [4.69, 9.17) is 0 Å². The van der Waals surface area contributed by atoms with Crippen LogP contribution in [0.2, 0.25) is 0 Å². The third-order valence-electron chi connectivity index (χ3n) is 5.58. The fourth-order valence-electron chi connectivity index (χ4n) is 4.19. The van der Waals surface area contributed by atoms with E-state index in [1.165, 1.54) is 16.2 Å². The fraction of sp³-hybridized carbons (Fsp3) is 0.364. The van der Waals surface area contributed by atoms with Crippen molar-refractivity contribution in [3.8, 4) is 0 Å². The van der Waals surface area contributed by atoms with E-state index in [0.29, 0.717) is 24.4 Å². The fourth-order valence-corrected chi connectivity index (χ4v) is 5.26. The Morgan fingerprint density at radius 1 is 1.16 bits per heavy atom. The van der Waals surface area contributed by atoms with E-state index in [1.54, 1.807) is 0 Å². The van der Waals surface area contributed by atoms with Crippen LogP contribution >= 0.6 is 11.3 Å². The van der Waals surface area contributed by atoms with Crippen molar-refractivity contribution >= 4 is 40.8 Å². The number of piperidine rings is 1. The van der Waals surface area contributed by atoms with Gasteiger partial charge in [0.1, 0.15) is 6.04 Å². The van der Waals surface area contributed by atoms with Crippen LogP contribution in [-0.2, 0) is 22.7 Å². The summed E-state index contributed by atoms with van der Waals surface area (Å²) in [6.45, 7) is 6.57. The normalized spacial score (nSPS) is 18.1. The largest absolute Gasteiger partial charge is 0.333 e. The first kappa shape index (κ1) is 21.0. The second-order valence-corrected chi connectivity index (χ2v) is 9.19. The molecule has 2 aliphatic heterocycles. The Hall–Kier alpha value is -3.20. The first-order valence-electron chi connectivity index (χ1n) is 10.1. The number of carbonyl (C=O) groups is 4. The second-order valence-electron chi connectivity index (χ2n) is 8.05. The predicted molar refractivity (Wildman–Crippen MR) is 117 cm³/mol. The van der Waals surface area contributed by atoms with Crippen LogP contribution < -0.4 is 16.0 Å². The van der Waals surface area contributed by atoms with E-state index in [1.807, 2.05) is 39.0 Å². The van der Waals surface area contributed by atoms with E-state index in [0.717, 1.165) is 32.8 Å². The van der Waals surface area contributed by atoms with Crippen LogP contribution in [0.1, 0.15) is 49.6 Å².